The summed E-state index contributed by atoms with van der Waals surface area (Å²) in [5.41, 5.74) is 4.79. The number of hydrogen-bond donors (Lipinski definition) is 0. The first kappa shape index (κ1) is 14.3. The second kappa shape index (κ2) is 5.61. The van der Waals surface area contributed by atoms with Crippen LogP contribution in [-0.4, -0.2) is 0 Å². The summed E-state index contributed by atoms with van der Waals surface area (Å²) in [7, 11) is 0. The highest BCUT2D eigenvalue weighted by Crippen LogP contribution is 2.41. The quantitative estimate of drug-likeness (QED) is 0.593. The molecule has 1 atom stereocenters. The third-order valence-electron chi connectivity index (χ3n) is 4.08. The van der Waals surface area contributed by atoms with Crippen LogP contribution in [0.25, 0.3) is 0 Å². The van der Waals surface area contributed by atoms with Gasteiger partial charge in [-0.2, -0.15) is 0 Å². The maximum absolute atomic E-state index is 13.4. The lowest BCUT2D eigenvalue weighted by Gasteiger charge is -2.15. The van der Waals surface area contributed by atoms with Crippen molar-refractivity contribution in [3.63, 3.8) is 0 Å². The van der Waals surface area contributed by atoms with Crippen molar-refractivity contribution in [2.45, 2.75) is 44.4 Å². The van der Waals surface area contributed by atoms with Gasteiger partial charge in [-0.1, -0.05) is 15.9 Å². The molecule has 0 N–H and O–H groups in total. The van der Waals surface area contributed by atoms with Crippen molar-refractivity contribution in [1.82, 2.24) is 0 Å². The third-order valence-corrected chi connectivity index (χ3v) is 6.63. The molecule has 3 rings (SSSR count). The van der Waals surface area contributed by atoms with Crippen molar-refractivity contribution in [1.29, 1.82) is 0 Å². The van der Waals surface area contributed by atoms with Crippen LogP contribution >= 0.6 is 27.3 Å². The summed E-state index contributed by atoms with van der Waals surface area (Å²) in [4.78, 5) is 3.08. The predicted molar refractivity (Wildman–Crippen MR) is 87.6 cm³/mol. The summed E-state index contributed by atoms with van der Waals surface area (Å²) < 4.78 is 13.4. The van der Waals surface area contributed by atoms with E-state index in [-0.39, 0.29) is 10.6 Å². The maximum atomic E-state index is 13.4. The Bertz CT molecular complexity index is 598. The zero-order valence-electron chi connectivity index (χ0n) is 11.8. The van der Waals surface area contributed by atoms with Crippen LogP contribution in [0.3, 0.4) is 0 Å². The molecule has 0 saturated heterocycles. The minimum atomic E-state index is -0.145. The van der Waals surface area contributed by atoms with Crippen LogP contribution in [0.1, 0.15) is 49.7 Å². The Labute approximate surface area is 132 Å². The fourth-order valence-corrected chi connectivity index (χ4v) is 5.48. The number of aryl methyl sites for hydroxylation is 4. The first-order chi connectivity index (χ1) is 9.56. The van der Waals surface area contributed by atoms with Crippen molar-refractivity contribution in [3.8, 4) is 0 Å². The van der Waals surface area contributed by atoms with Crippen LogP contribution in [0.4, 0.5) is 4.39 Å². The number of rotatable bonds is 2. The maximum Gasteiger partial charge on any atom is 0.123 e. The van der Waals surface area contributed by atoms with E-state index in [1.54, 1.807) is 17.0 Å². The van der Waals surface area contributed by atoms with Crippen LogP contribution < -0.4 is 0 Å². The van der Waals surface area contributed by atoms with Crippen molar-refractivity contribution in [2.24, 2.45) is 0 Å². The molecule has 1 aliphatic rings. The van der Waals surface area contributed by atoms with E-state index in [1.165, 1.54) is 41.7 Å². The summed E-state index contributed by atoms with van der Waals surface area (Å²) in [5.74, 6) is -0.145. The normalized spacial score (nSPS) is 16.0. The lowest BCUT2D eigenvalue weighted by molar-refractivity contribution is 0.624. The van der Waals surface area contributed by atoms with Crippen molar-refractivity contribution in [2.75, 3.05) is 0 Å². The molecule has 0 aliphatic heterocycles. The Morgan fingerprint density at radius 1 is 1.10 bits per heavy atom. The van der Waals surface area contributed by atoms with Crippen LogP contribution in [0.5, 0.6) is 0 Å². The van der Waals surface area contributed by atoms with E-state index in [0.29, 0.717) is 0 Å². The highest BCUT2D eigenvalue weighted by molar-refractivity contribution is 9.09. The van der Waals surface area contributed by atoms with Gasteiger partial charge in [-0.3, -0.25) is 0 Å². The average Bonchev–Trinajstić information content (AvgIpc) is 2.81. The van der Waals surface area contributed by atoms with Crippen molar-refractivity contribution >= 4 is 27.3 Å². The highest BCUT2D eigenvalue weighted by atomic mass is 79.9. The molecule has 20 heavy (non-hydrogen) atoms. The van der Waals surface area contributed by atoms with Crippen LogP contribution in [0.15, 0.2) is 18.2 Å². The van der Waals surface area contributed by atoms with Crippen LogP contribution in [-0.2, 0) is 12.8 Å². The number of halogens is 2. The predicted octanol–water partition coefficient (Wildman–Crippen LogP) is 5.87. The molecule has 0 bridgehead atoms. The number of thiophene rings is 1. The lowest BCUT2D eigenvalue weighted by Crippen LogP contribution is -1.99. The summed E-state index contributed by atoms with van der Waals surface area (Å²) in [6, 6.07) is 5.61. The zero-order valence-corrected chi connectivity index (χ0v) is 14.2. The first-order valence-corrected chi connectivity index (χ1v) is 8.81. The minimum Gasteiger partial charge on any atom is -0.207 e. The molecular formula is C17H18BrFS. The van der Waals surface area contributed by atoms with Gasteiger partial charge in [0.2, 0.25) is 0 Å². The molecule has 1 heterocycles. The third kappa shape index (κ3) is 2.58. The molecule has 2 aromatic rings. The fraction of sp³-hybridized carbons (Fsp3) is 0.412. The van der Waals surface area contributed by atoms with Gasteiger partial charge in [-0.25, -0.2) is 4.39 Å². The smallest absolute Gasteiger partial charge is 0.123 e. The van der Waals surface area contributed by atoms with Gasteiger partial charge in [0.1, 0.15) is 5.82 Å². The topological polar surface area (TPSA) is 0 Å². The molecule has 3 heteroatoms. The Morgan fingerprint density at radius 3 is 2.40 bits per heavy atom. The molecule has 1 aromatic heterocycles. The second-order valence-electron chi connectivity index (χ2n) is 5.62. The summed E-state index contributed by atoms with van der Waals surface area (Å²) >= 11 is 5.75. The first-order valence-electron chi connectivity index (χ1n) is 7.08. The van der Waals surface area contributed by atoms with Crippen molar-refractivity contribution in [3.05, 3.63) is 56.0 Å². The van der Waals surface area contributed by atoms with Gasteiger partial charge in [0, 0.05) is 9.75 Å². The molecule has 1 aromatic carbocycles. The standard InChI is InChI=1S/C17H18BrFS/c1-10-7-13(19)8-11(2)16(10)17(18)15-9-12-5-3-4-6-14(12)20-15/h7-9,17H,3-6H2,1-2H3. The molecule has 0 amide bonds. The summed E-state index contributed by atoms with van der Waals surface area (Å²) in [6.45, 7) is 3.99. The van der Waals surface area contributed by atoms with E-state index in [0.717, 1.165) is 11.1 Å². The summed E-state index contributed by atoms with van der Waals surface area (Å²) in [6.07, 6.45) is 5.06. The van der Waals surface area contributed by atoms with E-state index in [4.69, 9.17) is 0 Å². The average molecular weight is 353 g/mol. The molecule has 106 valence electrons. The molecule has 0 spiro atoms. The van der Waals surface area contributed by atoms with Gasteiger partial charge < -0.3 is 0 Å². The molecule has 0 radical (unpaired) electrons. The Kier molecular flexibility index (Phi) is 4.00. The van der Waals surface area contributed by atoms with Crippen molar-refractivity contribution < 1.29 is 4.39 Å². The van der Waals surface area contributed by atoms with Gasteiger partial charge >= 0.3 is 0 Å². The van der Waals surface area contributed by atoms with Gasteiger partial charge in [0.05, 0.1) is 4.83 Å². The highest BCUT2D eigenvalue weighted by Gasteiger charge is 2.21. The van der Waals surface area contributed by atoms with E-state index in [2.05, 4.69) is 22.0 Å². The Balaban J connectivity index is 2.00. The second-order valence-corrected chi connectivity index (χ2v) is 7.70. The number of hydrogen-bond acceptors (Lipinski definition) is 1. The Hall–Kier alpha value is -0.670. The van der Waals surface area contributed by atoms with Gasteiger partial charge in [0.25, 0.3) is 0 Å². The monoisotopic (exact) mass is 352 g/mol. The van der Waals surface area contributed by atoms with Gasteiger partial charge in [-0.05, 0) is 80.0 Å². The Morgan fingerprint density at radius 2 is 1.75 bits per heavy atom. The molecule has 0 saturated carbocycles. The van der Waals surface area contributed by atoms with E-state index < -0.39 is 0 Å². The molecular weight excluding hydrogens is 335 g/mol. The van der Waals surface area contributed by atoms with E-state index >= 15 is 0 Å². The minimum absolute atomic E-state index is 0.145. The van der Waals surface area contributed by atoms with Crippen LogP contribution in [0.2, 0.25) is 0 Å². The van der Waals surface area contributed by atoms with E-state index in [9.17, 15) is 4.39 Å². The number of benzene rings is 1. The van der Waals surface area contributed by atoms with Gasteiger partial charge in [-0.15, -0.1) is 11.3 Å². The van der Waals surface area contributed by atoms with E-state index in [1.807, 2.05) is 25.2 Å². The SMILES string of the molecule is Cc1cc(F)cc(C)c1C(Br)c1cc2c(s1)CCCC2. The molecule has 0 fully saturated rings. The zero-order chi connectivity index (χ0) is 14.3. The fourth-order valence-electron chi connectivity index (χ4n) is 3.10. The molecule has 1 unspecified atom stereocenters. The molecule has 1 aliphatic carbocycles. The number of alkyl halides is 1. The van der Waals surface area contributed by atoms with Gasteiger partial charge in [0.15, 0.2) is 0 Å². The van der Waals surface area contributed by atoms with Crippen LogP contribution in [0, 0.1) is 19.7 Å². The number of fused-ring (bicyclic) bond motifs is 1. The largest absolute Gasteiger partial charge is 0.207 e. The lowest BCUT2D eigenvalue weighted by atomic mass is 9.96. The molecule has 0 nitrogen and oxygen atoms in total. The summed E-state index contributed by atoms with van der Waals surface area (Å²) in [5, 5.41) is 0.